The summed E-state index contributed by atoms with van der Waals surface area (Å²) in [5, 5.41) is 7.20. The predicted octanol–water partition coefficient (Wildman–Crippen LogP) is 13.8. The van der Waals surface area contributed by atoms with Crippen molar-refractivity contribution in [1.29, 1.82) is 0 Å². The molecule has 7 rings (SSSR count). The molecule has 51 heavy (non-hydrogen) atoms. The zero-order valence-electron chi connectivity index (χ0n) is 29.5. The normalized spacial score (nSPS) is 11.1. The molecule has 0 saturated heterocycles. The van der Waals surface area contributed by atoms with Crippen molar-refractivity contribution in [3.8, 4) is 44.9 Å². The Kier molecular flexibility index (Phi) is 10.7. The number of rotatable bonds is 9. The van der Waals surface area contributed by atoms with Gasteiger partial charge in [0.1, 0.15) is 11.5 Å². The Morgan fingerprint density at radius 2 is 1.04 bits per heavy atom. The van der Waals surface area contributed by atoms with Gasteiger partial charge in [-0.15, -0.1) is 0 Å². The first-order valence-electron chi connectivity index (χ1n) is 17.1. The second-order valence-electron chi connectivity index (χ2n) is 12.0. The largest absolute Gasteiger partial charge is 0.497 e. The first kappa shape index (κ1) is 34.5. The highest BCUT2D eigenvalue weighted by Crippen LogP contribution is 2.42. The van der Waals surface area contributed by atoms with Gasteiger partial charge in [-0.1, -0.05) is 159 Å². The molecule has 0 unspecified atom stereocenters. The van der Waals surface area contributed by atoms with E-state index in [1.165, 1.54) is 49.2 Å². The molecule has 0 radical (unpaired) electrons. The Balaban J connectivity index is 0.000000582. The highest BCUT2D eigenvalue weighted by Gasteiger charge is 2.16. The molecule has 0 amide bonds. The molecule has 2 heteroatoms. The molecule has 0 bridgehead atoms. The Labute approximate surface area is 301 Å². The van der Waals surface area contributed by atoms with Crippen LogP contribution in [-0.4, -0.2) is 14.2 Å². The van der Waals surface area contributed by atoms with Crippen molar-refractivity contribution in [3.05, 3.63) is 183 Å². The van der Waals surface area contributed by atoms with Gasteiger partial charge in [0, 0.05) is 5.56 Å². The van der Waals surface area contributed by atoms with Crippen LogP contribution in [0.4, 0.5) is 0 Å². The molecule has 7 aromatic carbocycles. The van der Waals surface area contributed by atoms with Gasteiger partial charge in [0.25, 0.3) is 0 Å². The second-order valence-corrected chi connectivity index (χ2v) is 12.0. The summed E-state index contributed by atoms with van der Waals surface area (Å²) < 4.78 is 11.1. The van der Waals surface area contributed by atoms with Crippen molar-refractivity contribution in [2.75, 3.05) is 14.2 Å². The molecular weight excluding hydrogens is 621 g/mol. The van der Waals surface area contributed by atoms with E-state index in [-0.39, 0.29) is 0 Å². The maximum Gasteiger partial charge on any atom is 0.126 e. The van der Waals surface area contributed by atoms with Crippen molar-refractivity contribution in [3.63, 3.8) is 0 Å². The summed E-state index contributed by atoms with van der Waals surface area (Å²) in [5.74, 6) is 1.66. The lowest BCUT2D eigenvalue weighted by molar-refractivity contribution is 0.414. The van der Waals surface area contributed by atoms with Gasteiger partial charge in [-0.05, 0) is 102 Å². The third kappa shape index (κ3) is 6.90. The van der Waals surface area contributed by atoms with E-state index in [1.54, 1.807) is 20.3 Å². The predicted molar refractivity (Wildman–Crippen MR) is 223 cm³/mol. The third-order valence-corrected chi connectivity index (χ3v) is 9.21. The Bertz CT molecular complexity index is 2460. The summed E-state index contributed by atoms with van der Waals surface area (Å²) >= 11 is 0. The highest BCUT2D eigenvalue weighted by atomic mass is 16.5. The van der Waals surface area contributed by atoms with Crippen LogP contribution in [0.2, 0.25) is 0 Å². The van der Waals surface area contributed by atoms with Gasteiger partial charge in [0.15, 0.2) is 0 Å². The van der Waals surface area contributed by atoms with E-state index in [1.807, 2.05) is 55.5 Å². The van der Waals surface area contributed by atoms with E-state index >= 15 is 0 Å². The van der Waals surface area contributed by atoms with Crippen molar-refractivity contribution < 1.29 is 9.47 Å². The van der Waals surface area contributed by atoms with Gasteiger partial charge in [0.05, 0.1) is 14.2 Å². The van der Waals surface area contributed by atoms with Gasteiger partial charge in [-0.2, -0.15) is 0 Å². The first-order chi connectivity index (χ1) is 25.1. The maximum atomic E-state index is 5.62. The van der Waals surface area contributed by atoms with E-state index < -0.39 is 0 Å². The molecule has 0 aliphatic rings. The Morgan fingerprint density at radius 1 is 0.471 bits per heavy atom. The minimum atomic E-state index is 0.789. The molecule has 7 aromatic rings. The first-order valence-corrected chi connectivity index (χ1v) is 17.1. The number of benzene rings is 7. The molecule has 2 nitrogen and oxygen atoms in total. The molecule has 0 aliphatic carbocycles. The molecule has 0 atom stereocenters. The average molecular weight is 663 g/mol. The highest BCUT2D eigenvalue weighted by molar-refractivity contribution is 6.12. The summed E-state index contributed by atoms with van der Waals surface area (Å²) in [5.41, 5.74) is 9.04. The monoisotopic (exact) mass is 662 g/mol. The Hall–Kier alpha value is -6.38. The number of allylic oxidation sites excluding steroid dienone is 5. The van der Waals surface area contributed by atoms with Crippen molar-refractivity contribution in [1.82, 2.24) is 0 Å². The zero-order chi connectivity index (χ0) is 35.7. The average Bonchev–Trinajstić information content (AvgIpc) is 3.19. The SMILES string of the molecule is C=C/C=C\C=C/C.C=Cc1c(OC)ccc(-c2cccc3c(-c4ccc(-c5ccc6cc(OC)ccc6c5)c5ccccc45)cccc23)c1C=C. The van der Waals surface area contributed by atoms with Crippen LogP contribution in [0.25, 0.3) is 77.9 Å². The Morgan fingerprint density at radius 3 is 1.67 bits per heavy atom. The summed E-state index contributed by atoms with van der Waals surface area (Å²) in [6.45, 7) is 13.7. The number of ether oxygens (including phenoxy) is 2. The molecule has 250 valence electrons. The van der Waals surface area contributed by atoms with Crippen LogP contribution in [0.3, 0.4) is 0 Å². The molecule has 0 N–H and O–H groups in total. The van der Waals surface area contributed by atoms with Crippen LogP contribution in [0.1, 0.15) is 18.1 Å². The summed E-state index contributed by atoms with van der Waals surface area (Å²) in [7, 11) is 3.39. The molecule has 0 aliphatic heterocycles. The number of hydrogen-bond donors (Lipinski definition) is 0. The molecule has 0 fully saturated rings. The molecule has 0 saturated carbocycles. The lowest BCUT2D eigenvalue weighted by Gasteiger charge is -2.17. The molecule has 0 heterocycles. The standard InChI is InChI=1S/C42H32O2.C7H10/c1-5-31-32(6-2)42(44-4)24-23-40(31)38-15-9-14-37-36(38)13-10-16-39(37)41-22-21-33(34-11-7-8-12-35(34)41)29-18-17-28-26-30(43-3)20-19-27(28)25-29;1-3-5-7-6-4-2/h5-26H,1-2H2,3-4H3;3-7H,1H2,2H3/b;6-4-,7-5-. The molecular formula is C49H42O2. The fraction of sp³-hybridized carbons (Fsp3) is 0.0612. The van der Waals surface area contributed by atoms with E-state index in [0.717, 1.165) is 39.1 Å². The third-order valence-electron chi connectivity index (χ3n) is 9.21. The fourth-order valence-corrected chi connectivity index (χ4v) is 6.80. The topological polar surface area (TPSA) is 18.5 Å². The minimum Gasteiger partial charge on any atom is -0.497 e. The van der Waals surface area contributed by atoms with Crippen LogP contribution in [-0.2, 0) is 0 Å². The van der Waals surface area contributed by atoms with Gasteiger partial charge in [0.2, 0.25) is 0 Å². The quantitative estimate of drug-likeness (QED) is 0.143. The van der Waals surface area contributed by atoms with Crippen LogP contribution in [0, 0.1) is 0 Å². The van der Waals surface area contributed by atoms with E-state index in [4.69, 9.17) is 9.47 Å². The lowest BCUT2D eigenvalue weighted by atomic mass is 9.87. The van der Waals surface area contributed by atoms with E-state index in [0.29, 0.717) is 0 Å². The van der Waals surface area contributed by atoms with Crippen LogP contribution in [0.5, 0.6) is 11.5 Å². The van der Waals surface area contributed by atoms with Crippen LogP contribution >= 0.6 is 0 Å². The van der Waals surface area contributed by atoms with Gasteiger partial charge in [-0.25, -0.2) is 0 Å². The maximum absolute atomic E-state index is 5.62. The second kappa shape index (κ2) is 15.9. The zero-order valence-corrected chi connectivity index (χ0v) is 29.5. The van der Waals surface area contributed by atoms with Crippen molar-refractivity contribution >= 4 is 44.5 Å². The summed E-state index contributed by atoms with van der Waals surface area (Å²) in [4.78, 5) is 0. The summed E-state index contributed by atoms with van der Waals surface area (Å²) in [6, 6.07) is 43.4. The fourth-order valence-electron chi connectivity index (χ4n) is 6.80. The number of hydrogen-bond acceptors (Lipinski definition) is 2. The lowest BCUT2D eigenvalue weighted by Crippen LogP contribution is -1.94. The minimum absolute atomic E-state index is 0.789. The van der Waals surface area contributed by atoms with E-state index in [2.05, 4.69) is 129 Å². The molecule has 0 spiro atoms. The smallest absolute Gasteiger partial charge is 0.126 e. The summed E-state index contributed by atoms with van der Waals surface area (Å²) in [6.07, 6.45) is 13.2. The van der Waals surface area contributed by atoms with E-state index in [9.17, 15) is 0 Å². The van der Waals surface area contributed by atoms with Gasteiger partial charge in [-0.3, -0.25) is 0 Å². The molecule has 0 aromatic heterocycles. The van der Waals surface area contributed by atoms with Gasteiger partial charge >= 0.3 is 0 Å². The van der Waals surface area contributed by atoms with Crippen molar-refractivity contribution in [2.24, 2.45) is 0 Å². The van der Waals surface area contributed by atoms with Crippen molar-refractivity contribution in [2.45, 2.75) is 6.92 Å². The van der Waals surface area contributed by atoms with Crippen LogP contribution < -0.4 is 9.47 Å². The number of fused-ring (bicyclic) bond motifs is 3. The van der Waals surface area contributed by atoms with Gasteiger partial charge < -0.3 is 9.47 Å². The number of methoxy groups -OCH3 is 2. The van der Waals surface area contributed by atoms with Crippen LogP contribution in [0.15, 0.2) is 171 Å².